The molecule has 2 N–H and O–H groups in total. The molecular formula is C18H13N7. The van der Waals surface area contributed by atoms with Crippen molar-refractivity contribution in [2.45, 2.75) is 0 Å². The minimum Gasteiger partial charge on any atom is -0.336 e. The molecule has 0 aliphatic heterocycles. The van der Waals surface area contributed by atoms with E-state index in [0.29, 0.717) is 5.82 Å². The van der Waals surface area contributed by atoms with E-state index in [4.69, 9.17) is 4.98 Å². The van der Waals surface area contributed by atoms with Gasteiger partial charge in [0.25, 0.3) is 0 Å². The number of nitrogens with one attached hydrogen (secondary N) is 2. The average Bonchev–Trinajstić information content (AvgIpc) is 3.31. The number of H-pyrrole nitrogens is 1. The molecule has 25 heavy (non-hydrogen) atoms. The van der Waals surface area contributed by atoms with Gasteiger partial charge < -0.3 is 9.72 Å². The van der Waals surface area contributed by atoms with E-state index in [9.17, 15) is 0 Å². The lowest BCUT2D eigenvalue weighted by atomic mass is 10.1. The normalized spacial score (nSPS) is 11.2. The predicted octanol–water partition coefficient (Wildman–Crippen LogP) is 3.41. The number of rotatable bonds is 3. The summed E-state index contributed by atoms with van der Waals surface area (Å²) in [6.45, 7) is 0. The van der Waals surface area contributed by atoms with Crippen LogP contribution in [0, 0.1) is 0 Å². The van der Waals surface area contributed by atoms with E-state index in [1.165, 1.54) is 0 Å². The summed E-state index contributed by atoms with van der Waals surface area (Å²) in [5.41, 5.74) is 4.44. The third-order valence-corrected chi connectivity index (χ3v) is 4.04. The summed E-state index contributed by atoms with van der Waals surface area (Å²) in [5.74, 6) is 0.681. The maximum absolute atomic E-state index is 4.77. The largest absolute Gasteiger partial charge is 0.336 e. The molecule has 0 aliphatic rings. The smallest absolute Gasteiger partial charge is 0.180 e. The first-order chi connectivity index (χ1) is 12.4. The number of aromatic amines is 1. The Balaban J connectivity index is 1.66. The number of hydrogen-bond donors (Lipinski definition) is 2. The number of benzene rings is 1. The number of imidazole rings is 1. The van der Waals surface area contributed by atoms with Crippen molar-refractivity contribution in [2.75, 3.05) is 5.32 Å². The molecule has 0 fully saturated rings. The molecule has 5 rings (SSSR count). The van der Waals surface area contributed by atoms with Gasteiger partial charge in [-0.25, -0.2) is 9.97 Å². The van der Waals surface area contributed by atoms with Gasteiger partial charge in [-0.3, -0.25) is 10.1 Å². The second-order valence-corrected chi connectivity index (χ2v) is 5.67. The summed E-state index contributed by atoms with van der Waals surface area (Å²) in [5, 5.41) is 11.4. The summed E-state index contributed by atoms with van der Waals surface area (Å²) >= 11 is 0. The minimum absolute atomic E-state index is 0.681. The standard InChI is InChI=1S/C18H13N7/c1-2-14(10-19-5-1)22-17-18-20-6-7-25(18)11-16(23-17)12-3-4-13-9-21-24-15(13)8-12/h1-11H,(H,21,24)(H,22,23). The van der Waals surface area contributed by atoms with Crippen molar-refractivity contribution >= 4 is 28.1 Å². The zero-order valence-corrected chi connectivity index (χ0v) is 13.1. The summed E-state index contributed by atoms with van der Waals surface area (Å²) in [6.07, 6.45) is 10.9. The van der Waals surface area contributed by atoms with E-state index in [2.05, 4.69) is 25.5 Å². The molecule has 1 aromatic carbocycles. The van der Waals surface area contributed by atoms with Crippen LogP contribution in [-0.4, -0.2) is 29.5 Å². The lowest BCUT2D eigenvalue weighted by Gasteiger charge is -2.09. The van der Waals surface area contributed by atoms with Crippen LogP contribution in [0.3, 0.4) is 0 Å². The number of nitrogens with zero attached hydrogens (tertiary/aromatic N) is 5. The van der Waals surface area contributed by atoms with E-state index in [1.807, 2.05) is 47.1 Å². The number of hydrogen-bond acceptors (Lipinski definition) is 5. The van der Waals surface area contributed by atoms with Crippen molar-refractivity contribution in [3.8, 4) is 11.3 Å². The Morgan fingerprint density at radius 1 is 1.08 bits per heavy atom. The molecule has 5 aromatic rings. The van der Waals surface area contributed by atoms with Crippen molar-refractivity contribution in [1.29, 1.82) is 0 Å². The summed E-state index contributed by atoms with van der Waals surface area (Å²) in [4.78, 5) is 13.3. The Bertz CT molecular complexity index is 1170. The maximum atomic E-state index is 4.77. The molecule has 0 unspecified atom stereocenters. The van der Waals surface area contributed by atoms with Gasteiger partial charge in [-0.2, -0.15) is 5.10 Å². The topological polar surface area (TPSA) is 83.8 Å². The van der Waals surface area contributed by atoms with Gasteiger partial charge in [0, 0.05) is 35.7 Å². The average molecular weight is 327 g/mol. The van der Waals surface area contributed by atoms with Gasteiger partial charge in [0.2, 0.25) is 0 Å². The highest BCUT2D eigenvalue weighted by Crippen LogP contribution is 2.26. The molecule has 0 bridgehead atoms. The molecule has 4 aromatic heterocycles. The van der Waals surface area contributed by atoms with Crippen LogP contribution in [0.4, 0.5) is 11.5 Å². The number of aromatic nitrogens is 6. The zero-order valence-electron chi connectivity index (χ0n) is 13.1. The Morgan fingerprint density at radius 3 is 3.00 bits per heavy atom. The highest BCUT2D eigenvalue weighted by Gasteiger charge is 2.10. The fourth-order valence-corrected chi connectivity index (χ4v) is 2.82. The second-order valence-electron chi connectivity index (χ2n) is 5.67. The summed E-state index contributed by atoms with van der Waals surface area (Å²) < 4.78 is 1.96. The van der Waals surface area contributed by atoms with Gasteiger partial charge >= 0.3 is 0 Å². The molecule has 120 valence electrons. The Morgan fingerprint density at radius 2 is 2.08 bits per heavy atom. The van der Waals surface area contributed by atoms with Crippen LogP contribution in [0.15, 0.2) is 67.5 Å². The van der Waals surface area contributed by atoms with E-state index in [-0.39, 0.29) is 0 Å². The fourth-order valence-electron chi connectivity index (χ4n) is 2.82. The number of anilines is 2. The van der Waals surface area contributed by atoms with Crippen LogP contribution in [0.25, 0.3) is 27.8 Å². The third-order valence-electron chi connectivity index (χ3n) is 4.04. The van der Waals surface area contributed by atoms with E-state index in [0.717, 1.165) is 33.5 Å². The third kappa shape index (κ3) is 2.38. The van der Waals surface area contributed by atoms with Gasteiger partial charge in [0.05, 0.1) is 29.3 Å². The van der Waals surface area contributed by atoms with Gasteiger partial charge in [-0.1, -0.05) is 12.1 Å². The molecule has 0 amide bonds. The molecule has 0 aliphatic carbocycles. The van der Waals surface area contributed by atoms with Crippen molar-refractivity contribution in [3.05, 3.63) is 67.5 Å². The van der Waals surface area contributed by atoms with Crippen LogP contribution in [-0.2, 0) is 0 Å². The number of fused-ring (bicyclic) bond motifs is 2. The van der Waals surface area contributed by atoms with Crippen molar-refractivity contribution in [2.24, 2.45) is 0 Å². The molecule has 4 heterocycles. The first-order valence-corrected chi connectivity index (χ1v) is 7.81. The molecule has 0 atom stereocenters. The predicted molar refractivity (Wildman–Crippen MR) is 95.6 cm³/mol. The molecule has 0 spiro atoms. The van der Waals surface area contributed by atoms with Crippen LogP contribution >= 0.6 is 0 Å². The molecule has 7 nitrogen and oxygen atoms in total. The van der Waals surface area contributed by atoms with E-state index >= 15 is 0 Å². The first-order valence-electron chi connectivity index (χ1n) is 7.81. The lowest BCUT2D eigenvalue weighted by molar-refractivity contribution is 1.12. The highest BCUT2D eigenvalue weighted by atomic mass is 15.1. The lowest BCUT2D eigenvalue weighted by Crippen LogP contribution is -2.00. The molecule has 0 saturated heterocycles. The first kappa shape index (κ1) is 13.7. The molecular weight excluding hydrogens is 314 g/mol. The summed E-state index contributed by atoms with van der Waals surface area (Å²) in [7, 11) is 0. The SMILES string of the molecule is c1cncc(Nc2nc(-c3ccc4cn[nH]c4c3)cn3ccnc23)c1. The Kier molecular flexibility index (Phi) is 2.96. The van der Waals surface area contributed by atoms with E-state index in [1.54, 1.807) is 24.8 Å². The van der Waals surface area contributed by atoms with Crippen LogP contribution < -0.4 is 5.32 Å². The highest BCUT2D eigenvalue weighted by molar-refractivity contribution is 5.83. The van der Waals surface area contributed by atoms with Crippen LogP contribution in [0.1, 0.15) is 0 Å². The van der Waals surface area contributed by atoms with Crippen molar-refractivity contribution in [3.63, 3.8) is 0 Å². The Labute approximate surface area is 142 Å². The monoisotopic (exact) mass is 327 g/mol. The Hall–Kier alpha value is -3.74. The van der Waals surface area contributed by atoms with Gasteiger partial charge in [-0.15, -0.1) is 0 Å². The minimum atomic E-state index is 0.681. The number of pyridine rings is 1. The van der Waals surface area contributed by atoms with Gasteiger partial charge in [0.15, 0.2) is 11.5 Å². The van der Waals surface area contributed by atoms with Crippen LogP contribution in [0.2, 0.25) is 0 Å². The fraction of sp³-hybridized carbons (Fsp3) is 0. The molecule has 0 saturated carbocycles. The van der Waals surface area contributed by atoms with Crippen LogP contribution in [0.5, 0.6) is 0 Å². The van der Waals surface area contributed by atoms with Gasteiger partial charge in [0.1, 0.15) is 0 Å². The maximum Gasteiger partial charge on any atom is 0.180 e. The van der Waals surface area contributed by atoms with Gasteiger partial charge in [-0.05, 0) is 18.2 Å². The molecule has 7 heteroatoms. The van der Waals surface area contributed by atoms with E-state index < -0.39 is 0 Å². The van der Waals surface area contributed by atoms with Crippen molar-refractivity contribution in [1.82, 2.24) is 29.5 Å². The zero-order chi connectivity index (χ0) is 16.6. The summed E-state index contributed by atoms with van der Waals surface area (Å²) in [6, 6.07) is 9.93. The molecule has 0 radical (unpaired) electrons. The quantitative estimate of drug-likeness (QED) is 0.530. The second kappa shape index (κ2) is 5.41. The van der Waals surface area contributed by atoms with Crippen molar-refractivity contribution < 1.29 is 0 Å².